The molecule has 0 saturated heterocycles. The predicted molar refractivity (Wildman–Crippen MR) is 110 cm³/mol. The average molecular weight is 441 g/mol. The third kappa shape index (κ3) is 5.68. The Balaban J connectivity index is 1.93. The number of hydrogen-bond donors (Lipinski definition) is 1. The first kappa shape index (κ1) is 23.3. The number of nitrogens with one attached hydrogen (secondary N) is 1. The van der Waals surface area contributed by atoms with Gasteiger partial charge in [0, 0.05) is 12.7 Å². The lowest BCUT2D eigenvalue weighted by atomic mass is 9.78. The maximum Gasteiger partial charge on any atom is 0.407 e. The number of alkyl carbamates (subject to hydrolysis) is 1. The monoisotopic (exact) mass is 441 g/mol. The van der Waals surface area contributed by atoms with E-state index in [2.05, 4.69) is 10.3 Å². The fourth-order valence-corrected chi connectivity index (χ4v) is 4.50. The van der Waals surface area contributed by atoms with Crippen molar-refractivity contribution in [3.05, 3.63) is 23.9 Å². The quantitative estimate of drug-likeness (QED) is 0.740. The highest BCUT2D eigenvalue weighted by Gasteiger charge is 2.54. The van der Waals surface area contributed by atoms with E-state index in [0.29, 0.717) is 19.3 Å². The lowest BCUT2D eigenvalue weighted by molar-refractivity contribution is -0.190. The number of ether oxygens (including phenoxy) is 1. The number of carbonyl (C=O) groups is 2. The molecule has 2 heterocycles. The summed E-state index contributed by atoms with van der Waals surface area (Å²) in [6.45, 7) is 5.06. The molecule has 2 aliphatic rings. The minimum Gasteiger partial charge on any atom is -0.444 e. The van der Waals surface area contributed by atoms with E-state index in [1.807, 2.05) is 0 Å². The van der Waals surface area contributed by atoms with Crippen molar-refractivity contribution in [3.8, 4) is 0 Å². The number of amides is 2. The fourth-order valence-electron chi connectivity index (χ4n) is 4.50. The highest BCUT2D eigenvalue weighted by molar-refractivity contribution is 5.97. The van der Waals surface area contributed by atoms with Crippen molar-refractivity contribution in [2.24, 2.45) is 11.8 Å². The molecule has 1 aromatic rings. The molecule has 0 unspecified atom stereocenters. The van der Waals surface area contributed by atoms with Gasteiger partial charge in [0.15, 0.2) is 5.92 Å². The number of rotatable bonds is 4. The summed E-state index contributed by atoms with van der Waals surface area (Å²) in [4.78, 5) is 31.0. The standard InChI is InChI=1S/C22H30F3N3O3/c1-21(2,3)31-20(30)27-17(14-8-5-4-6-9-14)16(22(23,24)25)19(29)28-13-11-15-10-7-12-26-18(15)28/h7,10,12,14,16-17H,4-6,8-9,11,13H2,1-3H3,(H,27,30)/t16-,17+/m0/s1. The number of alkyl halides is 3. The number of anilines is 1. The first-order chi connectivity index (χ1) is 14.5. The molecule has 9 heteroatoms. The highest BCUT2D eigenvalue weighted by Crippen LogP contribution is 2.40. The first-order valence-corrected chi connectivity index (χ1v) is 10.8. The number of hydrogen-bond acceptors (Lipinski definition) is 4. The van der Waals surface area contributed by atoms with Gasteiger partial charge in [0.1, 0.15) is 11.4 Å². The summed E-state index contributed by atoms with van der Waals surface area (Å²) in [6.07, 6.45) is -0.337. The molecule has 2 amide bonds. The second-order valence-electron chi connectivity index (χ2n) is 9.32. The second kappa shape index (κ2) is 9.04. The maximum atomic E-state index is 14.3. The van der Waals surface area contributed by atoms with Gasteiger partial charge in [0.05, 0.1) is 6.04 Å². The molecule has 0 radical (unpaired) electrons. The van der Waals surface area contributed by atoms with E-state index in [4.69, 9.17) is 4.74 Å². The van der Waals surface area contributed by atoms with Crippen LogP contribution in [0.1, 0.15) is 58.4 Å². The second-order valence-corrected chi connectivity index (χ2v) is 9.32. The van der Waals surface area contributed by atoms with Crippen LogP contribution in [0.3, 0.4) is 0 Å². The molecular formula is C22H30F3N3O3. The van der Waals surface area contributed by atoms with E-state index >= 15 is 0 Å². The summed E-state index contributed by atoms with van der Waals surface area (Å²) >= 11 is 0. The molecule has 6 nitrogen and oxygen atoms in total. The SMILES string of the molecule is CC(C)(C)OC(=O)N[C@H](C1CCCCC1)[C@@H](C(=O)N1CCc2cccnc21)C(F)(F)F. The van der Waals surface area contributed by atoms with Crippen LogP contribution < -0.4 is 10.2 Å². The van der Waals surface area contributed by atoms with Gasteiger partial charge in [-0.2, -0.15) is 13.2 Å². The number of aromatic nitrogens is 1. The molecule has 0 aromatic carbocycles. The van der Waals surface area contributed by atoms with Gasteiger partial charge in [-0.1, -0.05) is 25.3 Å². The summed E-state index contributed by atoms with van der Waals surface area (Å²) in [7, 11) is 0. The van der Waals surface area contributed by atoms with Gasteiger partial charge in [-0.15, -0.1) is 0 Å². The topological polar surface area (TPSA) is 71.5 Å². The molecule has 1 aliphatic carbocycles. The lowest BCUT2D eigenvalue weighted by Gasteiger charge is -2.38. The Morgan fingerprint density at radius 3 is 2.48 bits per heavy atom. The third-order valence-electron chi connectivity index (χ3n) is 5.81. The van der Waals surface area contributed by atoms with Crippen molar-refractivity contribution < 1.29 is 27.5 Å². The molecule has 1 aliphatic heterocycles. The zero-order chi connectivity index (χ0) is 22.8. The first-order valence-electron chi connectivity index (χ1n) is 10.8. The number of carbonyl (C=O) groups excluding carboxylic acids is 2. The number of pyridine rings is 1. The molecule has 0 bridgehead atoms. The third-order valence-corrected chi connectivity index (χ3v) is 5.81. The molecule has 1 aromatic heterocycles. The molecular weight excluding hydrogens is 411 g/mol. The number of fused-ring (bicyclic) bond motifs is 1. The maximum absolute atomic E-state index is 14.3. The lowest BCUT2D eigenvalue weighted by Crippen LogP contribution is -2.57. The van der Waals surface area contributed by atoms with E-state index in [-0.39, 0.29) is 12.4 Å². The Morgan fingerprint density at radius 1 is 1.19 bits per heavy atom. The molecule has 1 N–H and O–H groups in total. The smallest absolute Gasteiger partial charge is 0.407 e. The Morgan fingerprint density at radius 2 is 1.87 bits per heavy atom. The molecule has 3 rings (SSSR count). The average Bonchev–Trinajstić information content (AvgIpc) is 3.10. The largest absolute Gasteiger partial charge is 0.444 e. The van der Waals surface area contributed by atoms with Gasteiger partial charge >= 0.3 is 12.3 Å². The molecule has 1 fully saturated rings. The summed E-state index contributed by atoms with van der Waals surface area (Å²) in [6, 6.07) is 2.06. The Labute approximate surface area is 180 Å². The van der Waals surface area contributed by atoms with Crippen molar-refractivity contribution in [3.63, 3.8) is 0 Å². The van der Waals surface area contributed by atoms with Crippen LogP contribution in [-0.4, -0.2) is 41.3 Å². The van der Waals surface area contributed by atoms with Crippen LogP contribution in [0.4, 0.5) is 23.8 Å². The highest BCUT2D eigenvalue weighted by atomic mass is 19.4. The van der Waals surface area contributed by atoms with Gasteiger partial charge in [0.25, 0.3) is 0 Å². The number of halogens is 3. The Bertz CT molecular complexity index is 801. The molecule has 0 spiro atoms. The van der Waals surface area contributed by atoms with Gasteiger partial charge in [-0.05, 0) is 57.6 Å². The van der Waals surface area contributed by atoms with Crippen LogP contribution in [-0.2, 0) is 16.0 Å². The zero-order valence-corrected chi connectivity index (χ0v) is 18.2. The van der Waals surface area contributed by atoms with Gasteiger partial charge in [-0.25, -0.2) is 9.78 Å². The molecule has 2 atom stereocenters. The predicted octanol–water partition coefficient (Wildman–Crippen LogP) is 4.62. The molecule has 1 saturated carbocycles. The number of nitrogens with zero attached hydrogens (tertiary/aromatic N) is 2. The summed E-state index contributed by atoms with van der Waals surface area (Å²) < 4.78 is 48.2. The van der Waals surface area contributed by atoms with Gasteiger partial charge in [-0.3, -0.25) is 9.69 Å². The fraction of sp³-hybridized carbons (Fsp3) is 0.682. The zero-order valence-electron chi connectivity index (χ0n) is 18.2. The summed E-state index contributed by atoms with van der Waals surface area (Å²) in [5.74, 6) is -3.63. The van der Waals surface area contributed by atoms with E-state index in [1.165, 1.54) is 6.20 Å². The normalized spacial score (nSPS) is 19.5. The van der Waals surface area contributed by atoms with E-state index in [1.54, 1.807) is 32.9 Å². The Kier molecular flexibility index (Phi) is 6.81. The van der Waals surface area contributed by atoms with Crippen molar-refractivity contribution in [1.29, 1.82) is 0 Å². The van der Waals surface area contributed by atoms with Crippen molar-refractivity contribution in [2.45, 2.75) is 77.1 Å². The minimum absolute atomic E-state index is 0.140. The minimum atomic E-state index is -4.83. The summed E-state index contributed by atoms with van der Waals surface area (Å²) in [5, 5.41) is 2.43. The van der Waals surface area contributed by atoms with Crippen LogP contribution >= 0.6 is 0 Å². The molecule has 172 valence electrons. The van der Waals surface area contributed by atoms with Crippen molar-refractivity contribution in [1.82, 2.24) is 10.3 Å². The van der Waals surface area contributed by atoms with Crippen LogP contribution in [0.25, 0.3) is 0 Å². The van der Waals surface area contributed by atoms with Crippen molar-refractivity contribution in [2.75, 3.05) is 11.4 Å². The van der Waals surface area contributed by atoms with Crippen LogP contribution in [0.2, 0.25) is 0 Å². The van der Waals surface area contributed by atoms with Crippen LogP contribution in [0.15, 0.2) is 18.3 Å². The van der Waals surface area contributed by atoms with Gasteiger partial charge in [0.2, 0.25) is 5.91 Å². The summed E-state index contributed by atoms with van der Waals surface area (Å²) in [5.41, 5.74) is -0.123. The van der Waals surface area contributed by atoms with E-state index in [9.17, 15) is 22.8 Å². The van der Waals surface area contributed by atoms with Crippen molar-refractivity contribution >= 4 is 17.8 Å². The van der Waals surface area contributed by atoms with E-state index in [0.717, 1.165) is 29.7 Å². The molecule has 31 heavy (non-hydrogen) atoms. The van der Waals surface area contributed by atoms with Crippen LogP contribution in [0.5, 0.6) is 0 Å². The van der Waals surface area contributed by atoms with Crippen LogP contribution in [0, 0.1) is 11.8 Å². The van der Waals surface area contributed by atoms with E-state index < -0.39 is 41.7 Å². The Hall–Kier alpha value is -2.32. The van der Waals surface area contributed by atoms with Gasteiger partial charge < -0.3 is 10.1 Å².